The van der Waals surface area contributed by atoms with Gasteiger partial charge < -0.3 is 9.88 Å². The number of aromatic nitrogens is 2. The Labute approximate surface area is 177 Å². The summed E-state index contributed by atoms with van der Waals surface area (Å²) in [6.45, 7) is 3.27. The van der Waals surface area contributed by atoms with Crippen LogP contribution in [0.1, 0.15) is 49.4 Å². The van der Waals surface area contributed by atoms with Crippen molar-refractivity contribution in [1.82, 2.24) is 24.7 Å². The van der Waals surface area contributed by atoms with E-state index in [1.165, 1.54) is 12.5 Å². The normalized spacial score (nSPS) is 24.4. The summed E-state index contributed by atoms with van der Waals surface area (Å²) in [5.41, 5.74) is 1.69. The number of likely N-dealkylation sites (N-methyl/N-ethyl adjacent to an activating group) is 1. The molecule has 3 heterocycles. The zero-order valence-electron chi connectivity index (χ0n) is 17.6. The Morgan fingerprint density at radius 1 is 1.27 bits per heavy atom. The number of hydrogen-bond acceptors (Lipinski definition) is 4. The molecule has 2 fully saturated rings. The maximum Gasteiger partial charge on any atom is 0.243 e. The van der Waals surface area contributed by atoms with E-state index in [1.54, 1.807) is 6.07 Å². The number of carbonyl (C=O) groups is 1. The predicted molar refractivity (Wildman–Crippen MR) is 112 cm³/mol. The number of benzene rings is 1. The van der Waals surface area contributed by atoms with E-state index < -0.39 is 0 Å². The molecule has 1 N–H and O–H groups in total. The number of fused-ring (bicyclic) bond motifs is 2. The Kier molecular flexibility index (Phi) is 5.11. The summed E-state index contributed by atoms with van der Waals surface area (Å²) in [7, 11) is 2.05. The number of likely N-dealkylation sites (tertiary alicyclic amines) is 1. The van der Waals surface area contributed by atoms with Gasteiger partial charge in [0.15, 0.2) is 0 Å². The molecule has 1 saturated carbocycles. The quantitative estimate of drug-likeness (QED) is 0.841. The van der Waals surface area contributed by atoms with Crippen LogP contribution in [0.5, 0.6) is 0 Å². The molecule has 1 spiro atoms. The molecule has 30 heavy (non-hydrogen) atoms. The van der Waals surface area contributed by atoms with Crippen LogP contribution in [-0.2, 0) is 16.9 Å². The van der Waals surface area contributed by atoms with Gasteiger partial charge in [-0.2, -0.15) is 0 Å². The number of carbonyl (C=O) groups excluding carboxylic acids is 1. The molecule has 6 nitrogen and oxygen atoms in total. The molecular weight excluding hydrogens is 381 g/mol. The number of amides is 1. The molecule has 1 atom stereocenters. The standard InChI is InChI=1S/C23H30FN5O/c1-27-15-23(9-11-28(12-10-23)14-17-5-2-3-8-19(17)24)29-16-25-13-20(29)21(27)22(30)26-18-6-4-7-18/h2-3,5,8,13,16,18,21H,4,6-7,9-12,14-15H2,1H3,(H,26,30)/t21-/m1/s1. The molecule has 160 valence electrons. The molecule has 2 aromatic rings. The lowest BCUT2D eigenvalue weighted by molar-refractivity contribution is -0.129. The number of rotatable bonds is 4. The van der Waals surface area contributed by atoms with Crippen LogP contribution in [0.2, 0.25) is 0 Å². The lowest BCUT2D eigenvalue weighted by Gasteiger charge is -2.50. The lowest BCUT2D eigenvalue weighted by atomic mass is 9.83. The summed E-state index contributed by atoms with van der Waals surface area (Å²) < 4.78 is 16.3. The first-order chi connectivity index (χ1) is 14.6. The number of halogens is 1. The third kappa shape index (κ3) is 3.44. The van der Waals surface area contributed by atoms with Crippen molar-refractivity contribution in [2.75, 3.05) is 26.7 Å². The fourth-order valence-corrected chi connectivity index (χ4v) is 5.32. The average Bonchev–Trinajstić information content (AvgIpc) is 3.19. The highest BCUT2D eigenvalue weighted by atomic mass is 19.1. The van der Waals surface area contributed by atoms with E-state index in [4.69, 9.17) is 0 Å². The van der Waals surface area contributed by atoms with Crippen LogP contribution in [0, 0.1) is 5.82 Å². The van der Waals surface area contributed by atoms with Crippen molar-refractivity contribution < 1.29 is 9.18 Å². The van der Waals surface area contributed by atoms with E-state index in [1.807, 2.05) is 24.7 Å². The number of piperidine rings is 1. The smallest absolute Gasteiger partial charge is 0.243 e. The van der Waals surface area contributed by atoms with E-state index in [0.29, 0.717) is 12.6 Å². The molecule has 0 bridgehead atoms. The van der Waals surface area contributed by atoms with Gasteiger partial charge in [0.05, 0.1) is 23.8 Å². The number of hydrogen-bond donors (Lipinski definition) is 1. The largest absolute Gasteiger partial charge is 0.352 e. The molecule has 0 radical (unpaired) electrons. The second-order valence-corrected chi connectivity index (χ2v) is 9.23. The highest BCUT2D eigenvalue weighted by molar-refractivity contribution is 5.83. The summed E-state index contributed by atoms with van der Waals surface area (Å²) in [5.74, 6) is -0.0387. The average molecular weight is 412 g/mol. The van der Waals surface area contributed by atoms with Crippen LogP contribution in [-0.4, -0.2) is 58.0 Å². The Morgan fingerprint density at radius 2 is 2.03 bits per heavy atom. The number of nitrogens with zero attached hydrogens (tertiary/aromatic N) is 4. The maximum atomic E-state index is 14.1. The summed E-state index contributed by atoms with van der Waals surface area (Å²) in [5, 5.41) is 3.21. The van der Waals surface area contributed by atoms with Gasteiger partial charge in [-0.15, -0.1) is 0 Å². The van der Waals surface area contributed by atoms with Gasteiger partial charge in [0.2, 0.25) is 5.91 Å². The Hall–Kier alpha value is -2.25. The van der Waals surface area contributed by atoms with Crippen LogP contribution >= 0.6 is 0 Å². The van der Waals surface area contributed by atoms with E-state index in [2.05, 4.69) is 31.7 Å². The fraction of sp³-hybridized carbons (Fsp3) is 0.565. The Balaban J connectivity index is 1.31. The monoisotopic (exact) mass is 411 g/mol. The second-order valence-electron chi connectivity index (χ2n) is 9.23. The third-order valence-corrected chi connectivity index (χ3v) is 7.28. The van der Waals surface area contributed by atoms with Crippen molar-refractivity contribution in [3.05, 3.63) is 53.9 Å². The Bertz CT molecular complexity index is 916. The first-order valence-corrected chi connectivity index (χ1v) is 11.0. The second kappa shape index (κ2) is 7.78. The van der Waals surface area contributed by atoms with Crippen molar-refractivity contribution in [3.63, 3.8) is 0 Å². The van der Waals surface area contributed by atoms with E-state index >= 15 is 0 Å². The third-order valence-electron chi connectivity index (χ3n) is 7.28. The molecular formula is C23H30FN5O. The maximum absolute atomic E-state index is 14.1. The summed E-state index contributed by atoms with van der Waals surface area (Å²) in [4.78, 5) is 21.9. The highest BCUT2D eigenvalue weighted by Gasteiger charge is 2.46. The van der Waals surface area contributed by atoms with Gasteiger partial charge >= 0.3 is 0 Å². The zero-order chi connectivity index (χ0) is 20.7. The van der Waals surface area contributed by atoms with Gasteiger partial charge in [-0.3, -0.25) is 14.6 Å². The summed E-state index contributed by atoms with van der Waals surface area (Å²) >= 11 is 0. The van der Waals surface area contributed by atoms with Gasteiger partial charge in [0.1, 0.15) is 11.9 Å². The SMILES string of the molecule is CN1CC2(CCN(Cc3ccccc3F)CC2)n2cncc2[C@@H]1C(=O)NC1CCC1. The highest BCUT2D eigenvalue weighted by Crippen LogP contribution is 2.40. The van der Waals surface area contributed by atoms with E-state index in [9.17, 15) is 9.18 Å². The molecule has 3 aliphatic rings. The minimum absolute atomic E-state index is 0.0560. The molecule has 1 aliphatic carbocycles. The summed E-state index contributed by atoms with van der Waals surface area (Å²) in [6.07, 6.45) is 9.06. The van der Waals surface area contributed by atoms with Gasteiger partial charge in [-0.25, -0.2) is 9.37 Å². The van der Waals surface area contributed by atoms with E-state index in [0.717, 1.165) is 56.6 Å². The van der Waals surface area contributed by atoms with Crippen molar-refractivity contribution in [3.8, 4) is 0 Å². The van der Waals surface area contributed by atoms with E-state index in [-0.39, 0.29) is 23.3 Å². The zero-order valence-corrected chi connectivity index (χ0v) is 17.6. The van der Waals surface area contributed by atoms with Crippen LogP contribution in [0.15, 0.2) is 36.8 Å². The molecule has 0 unspecified atom stereocenters. The molecule has 1 aromatic carbocycles. The van der Waals surface area contributed by atoms with Gasteiger partial charge in [-0.1, -0.05) is 18.2 Å². The van der Waals surface area contributed by atoms with Crippen molar-refractivity contribution >= 4 is 5.91 Å². The predicted octanol–water partition coefficient (Wildman–Crippen LogP) is 2.67. The number of nitrogens with one attached hydrogen (secondary N) is 1. The van der Waals surface area contributed by atoms with Gasteiger partial charge in [-0.05, 0) is 45.2 Å². The lowest BCUT2D eigenvalue weighted by Crippen LogP contribution is -2.58. The van der Waals surface area contributed by atoms with Crippen LogP contribution in [0.4, 0.5) is 4.39 Å². The Morgan fingerprint density at radius 3 is 2.73 bits per heavy atom. The van der Waals surface area contributed by atoms with Gasteiger partial charge in [0, 0.05) is 37.8 Å². The van der Waals surface area contributed by atoms with Crippen molar-refractivity contribution in [2.45, 2.75) is 56.3 Å². The molecule has 1 aromatic heterocycles. The van der Waals surface area contributed by atoms with Crippen molar-refractivity contribution in [1.29, 1.82) is 0 Å². The first kappa shape index (κ1) is 19.7. The molecule has 5 rings (SSSR count). The van der Waals surface area contributed by atoms with Gasteiger partial charge in [0.25, 0.3) is 0 Å². The van der Waals surface area contributed by atoms with Crippen LogP contribution in [0.3, 0.4) is 0 Å². The molecule has 1 saturated heterocycles. The van der Waals surface area contributed by atoms with Crippen LogP contribution < -0.4 is 5.32 Å². The van der Waals surface area contributed by atoms with Crippen LogP contribution in [0.25, 0.3) is 0 Å². The minimum Gasteiger partial charge on any atom is -0.352 e. The summed E-state index contributed by atoms with van der Waals surface area (Å²) in [6, 6.07) is 7.08. The fourth-order valence-electron chi connectivity index (χ4n) is 5.32. The number of imidazole rings is 1. The van der Waals surface area contributed by atoms with Crippen molar-refractivity contribution in [2.24, 2.45) is 0 Å². The topological polar surface area (TPSA) is 53.4 Å². The molecule has 2 aliphatic heterocycles. The molecule has 1 amide bonds. The minimum atomic E-state index is -0.282. The molecule has 7 heteroatoms. The first-order valence-electron chi connectivity index (χ1n) is 11.0.